The Balaban J connectivity index is 1.52. The first-order chi connectivity index (χ1) is 15.7. The number of hydrogen-bond acceptors (Lipinski definition) is 5. The van der Waals surface area contributed by atoms with Gasteiger partial charge in [-0.2, -0.15) is 12.7 Å². The third-order valence-electron chi connectivity index (χ3n) is 6.43. The van der Waals surface area contributed by atoms with E-state index in [0.717, 1.165) is 5.56 Å². The van der Waals surface area contributed by atoms with E-state index in [1.807, 2.05) is 6.07 Å². The fraction of sp³-hybridized carbons (Fsp3) is 0.364. The Bertz CT molecular complexity index is 1110. The molecule has 2 aromatic carbocycles. The van der Waals surface area contributed by atoms with Crippen molar-refractivity contribution in [2.75, 3.05) is 30.5 Å². The van der Waals surface area contributed by atoms with Gasteiger partial charge in [-0.05, 0) is 42.7 Å². The van der Waals surface area contributed by atoms with Crippen LogP contribution in [0.1, 0.15) is 28.8 Å². The van der Waals surface area contributed by atoms with Gasteiger partial charge in [0, 0.05) is 37.2 Å². The van der Waals surface area contributed by atoms with E-state index in [-0.39, 0.29) is 12.0 Å². The van der Waals surface area contributed by atoms with Crippen LogP contribution in [0.15, 0.2) is 54.6 Å². The summed E-state index contributed by atoms with van der Waals surface area (Å²) >= 11 is 0. The van der Waals surface area contributed by atoms with Crippen molar-refractivity contribution in [3.63, 3.8) is 0 Å². The second-order valence-electron chi connectivity index (χ2n) is 8.56. The number of nitrogens with one attached hydrogen (secondary N) is 1. The Labute approximate surface area is 192 Å². The Morgan fingerprint density at radius 3 is 2.18 bits per heavy atom. The third kappa shape index (κ3) is 4.65. The van der Waals surface area contributed by atoms with Crippen molar-refractivity contribution in [1.82, 2.24) is 14.6 Å². The molecule has 2 saturated heterocycles. The molecule has 2 heterocycles. The van der Waals surface area contributed by atoms with E-state index < -0.39 is 22.2 Å². The van der Waals surface area contributed by atoms with E-state index in [0.29, 0.717) is 50.3 Å². The van der Waals surface area contributed by atoms with Crippen LogP contribution in [0.2, 0.25) is 0 Å². The molecule has 0 aliphatic carbocycles. The Morgan fingerprint density at radius 2 is 1.64 bits per heavy atom. The highest BCUT2D eigenvalue weighted by molar-refractivity contribution is 7.90. The number of benzene rings is 2. The van der Waals surface area contributed by atoms with Gasteiger partial charge >= 0.3 is 16.3 Å². The smallest absolute Gasteiger partial charge is 0.407 e. The van der Waals surface area contributed by atoms with Gasteiger partial charge < -0.3 is 10.0 Å². The Hall–Kier alpha value is -3.15. The van der Waals surface area contributed by atoms with E-state index in [1.54, 1.807) is 48.5 Å². The van der Waals surface area contributed by atoms with Gasteiger partial charge in [-0.1, -0.05) is 30.3 Å². The summed E-state index contributed by atoms with van der Waals surface area (Å²) in [5.41, 5.74) is 3.60. The first-order valence-corrected chi connectivity index (χ1v) is 12.0. The molecule has 1 spiro atoms. The summed E-state index contributed by atoms with van der Waals surface area (Å²) in [6.45, 7) is 1.71. The zero-order valence-corrected chi connectivity index (χ0v) is 18.9. The number of nitrogen functional groups attached to an aromatic ring is 1. The van der Waals surface area contributed by atoms with E-state index in [2.05, 4.69) is 5.43 Å². The molecular weight excluding hydrogens is 446 g/mol. The van der Waals surface area contributed by atoms with Crippen molar-refractivity contribution in [1.29, 1.82) is 0 Å². The highest BCUT2D eigenvalue weighted by Gasteiger charge is 2.48. The van der Waals surface area contributed by atoms with Crippen LogP contribution in [-0.4, -0.2) is 60.9 Å². The molecule has 4 N–H and O–H groups in total. The number of nitrogens with zero attached hydrogens (tertiary/aromatic N) is 3. The minimum Gasteiger partial charge on any atom is -0.465 e. The number of piperidine rings is 1. The molecule has 0 radical (unpaired) electrons. The lowest BCUT2D eigenvalue weighted by atomic mass is 9.72. The lowest BCUT2D eigenvalue weighted by Crippen LogP contribution is -2.62. The molecule has 2 fully saturated rings. The molecule has 2 amide bonds. The van der Waals surface area contributed by atoms with Crippen molar-refractivity contribution >= 4 is 27.9 Å². The number of carboxylic acid groups (broad SMARTS) is 1. The fourth-order valence-corrected chi connectivity index (χ4v) is 6.08. The summed E-state index contributed by atoms with van der Waals surface area (Å²) in [5.74, 6) is 4.75. The third-order valence-corrected chi connectivity index (χ3v) is 8.34. The van der Waals surface area contributed by atoms with Gasteiger partial charge in [-0.3, -0.25) is 14.5 Å². The molecule has 0 saturated carbocycles. The molecule has 33 heavy (non-hydrogen) atoms. The molecule has 0 bridgehead atoms. The van der Waals surface area contributed by atoms with Crippen LogP contribution in [0.5, 0.6) is 0 Å². The van der Waals surface area contributed by atoms with Crippen molar-refractivity contribution in [3.05, 3.63) is 65.7 Å². The fourth-order valence-electron chi connectivity index (χ4n) is 4.46. The monoisotopic (exact) mass is 473 g/mol. The number of carbonyl (C=O) groups excluding carboxylic acids is 1. The number of hydrogen-bond donors (Lipinski definition) is 3. The van der Waals surface area contributed by atoms with Gasteiger partial charge in [0.2, 0.25) is 0 Å². The molecule has 176 valence electrons. The average Bonchev–Trinajstić information content (AvgIpc) is 2.81. The Kier molecular flexibility index (Phi) is 6.28. The molecule has 10 nitrogen and oxygen atoms in total. The predicted octanol–water partition coefficient (Wildman–Crippen LogP) is 1.62. The molecule has 0 unspecified atom stereocenters. The van der Waals surface area contributed by atoms with Crippen LogP contribution in [0.3, 0.4) is 0 Å². The van der Waals surface area contributed by atoms with Gasteiger partial charge in [-0.25, -0.2) is 10.6 Å². The molecule has 0 aromatic heterocycles. The SMILES string of the molecule is NNC(=O)c1ccc(CN(c2ccccc2)S(=O)(=O)N2CCC3(CC2)CN(C(=O)O)C3)cc1. The number of nitrogens with two attached hydrogens (primary N) is 1. The molecule has 2 aromatic rings. The summed E-state index contributed by atoms with van der Waals surface area (Å²) in [5, 5.41) is 9.11. The molecule has 4 rings (SSSR count). The number of rotatable bonds is 6. The Morgan fingerprint density at radius 1 is 1.03 bits per heavy atom. The number of hydrazine groups is 1. The van der Waals surface area contributed by atoms with Crippen LogP contribution in [0.4, 0.5) is 10.5 Å². The van der Waals surface area contributed by atoms with Gasteiger partial charge in [-0.15, -0.1) is 0 Å². The van der Waals surface area contributed by atoms with Crippen molar-refractivity contribution < 1.29 is 23.1 Å². The summed E-state index contributed by atoms with van der Waals surface area (Å²) in [4.78, 5) is 24.2. The zero-order chi connectivity index (χ0) is 23.6. The maximum absolute atomic E-state index is 13.7. The maximum atomic E-state index is 13.7. The van der Waals surface area contributed by atoms with Crippen molar-refractivity contribution in [3.8, 4) is 0 Å². The summed E-state index contributed by atoms with van der Waals surface area (Å²) in [6, 6.07) is 15.5. The second kappa shape index (κ2) is 9.00. The van der Waals surface area contributed by atoms with Crippen LogP contribution in [-0.2, 0) is 16.8 Å². The van der Waals surface area contributed by atoms with Gasteiger partial charge in [0.25, 0.3) is 5.91 Å². The number of anilines is 1. The summed E-state index contributed by atoms with van der Waals surface area (Å²) < 4.78 is 30.2. The molecule has 11 heteroatoms. The van der Waals surface area contributed by atoms with Gasteiger partial charge in [0.15, 0.2) is 0 Å². The molecule has 2 aliphatic heterocycles. The van der Waals surface area contributed by atoms with Crippen molar-refractivity contribution in [2.45, 2.75) is 19.4 Å². The predicted molar refractivity (Wildman–Crippen MR) is 122 cm³/mol. The normalized spacial score (nSPS) is 17.9. The van der Waals surface area contributed by atoms with Gasteiger partial charge in [0.1, 0.15) is 0 Å². The topological polar surface area (TPSA) is 136 Å². The van der Waals surface area contributed by atoms with Crippen LogP contribution in [0.25, 0.3) is 0 Å². The number of carbonyl (C=O) groups is 2. The van der Waals surface area contributed by atoms with E-state index >= 15 is 0 Å². The lowest BCUT2D eigenvalue weighted by molar-refractivity contribution is -0.0217. The minimum atomic E-state index is -3.83. The average molecular weight is 474 g/mol. The van der Waals surface area contributed by atoms with E-state index in [9.17, 15) is 18.0 Å². The van der Waals surface area contributed by atoms with E-state index in [1.165, 1.54) is 13.5 Å². The minimum absolute atomic E-state index is 0.102. The highest BCUT2D eigenvalue weighted by Crippen LogP contribution is 2.41. The van der Waals surface area contributed by atoms with Crippen LogP contribution >= 0.6 is 0 Å². The molecule has 0 atom stereocenters. The van der Waals surface area contributed by atoms with Crippen molar-refractivity contribution in [2.24, 2.45) is 11.3 Å². The van der Waals surface area contributed by atoms with Crippen LogP contribution < -0.4 is 15.6 Å². The maximum Gasteiger partial charge on any atom is 0.407 e. The number of amides is 2. The standard InChI is InChI=1S/C22H27N5O5S/c23-24-20(28)18-8-6-17(7-9-18)14-27(19-4-2-1-3-5-19)33(31,32)26-12-10-22(11-13-26)15-25(16-22)21(29)30/h1-9H,10-16,23H2,(H,24,28)(H,29,30). The quantitative estimate of drug-likeness (QED) is 0.331. The summed E-state index contributed by atoms with van der Waals surface area (Å²) in [6.07, 6.45) is 0.323. The largest absolute Gasteiger partial charge is 0.465 e. The highest BCUT2D eigenvalue weighted by atomic mass is 32.2. The number of likely N-dealkylation sites (tertiary alicyclic amines) is 1. The van der Waals surface area contributed by atoms with E-state index in [4.69, 9.17) is 10.9 Å². The molecule has 2 aliphatic rings. The van der Waals surface area contributed by atoms with Crippen LogP contribution in [0, 0.1) is 5.41 Å². The zero-order valence-electron chi connectivity index (χ0n) is 18.1. The number of para-hydroxylation sites is 1. The summed E-state index contributed by atoms with van der Waals surface area (Å²) in [7, 11) is -3.83. The first-order valence-electron chi connectivity index (χ1n) is 10.6. The van der Waals surface area contributed by atoms with Gasteiger partial charge in [0.05, 0.1) is 12.2 Å². The second-order valence-corrected chi connectivity index (χ2v) is 10.4. The first kappa shape index (κ1) is 23.0. The lowest BCUT2D eigenvalue weighted by Gasteiger charge is -2.52. The molecular formula is C22H27N5O5S.